The first kappa shape index (κ1) is 17.3. The van der Waals surface area contributed by atoms with Crippen molar-refractivity contribution in [2.45, 2.75) is 25.7 Å². The van der Waals surface area contributed by atoms with Crippen molar-refractivity contribution >= 4 is 11.8 Å². The van der Waals surface area contributed by atoms with Gasteiger partial charge in [0.1, 0.15) is 5.75 Å². The highest BCUT2D eigenvalue weighted by molar-refractivity contribution is 5.82. The van der Waals surface area contributed by atoms with Crippen LogP contribution in [0.5, 0.6) is 5.75 Å². The average molecular weight is 318 g/mol. The van der Waals surface area contributed by atoms with Crippen molar-refractivity contribution in [3.05, 3.63) is 29.8 Å². The molecule has 5 heteroatoms. The van der Waals surface area contributed by atoms with E-state index in [0.29, 0.717) is 19.5 Å². The lowest BCUT2D eigenvalue weighted by Crippen LogP contribution is -2.34. The quantitative estimate of drug-likeness (QED) is 0.835. The Balaban J connectivity index is 1.96. The Bertz CT molecular complexity index is 571. The summed E-state index contributed by atoms with van der Waals surface area (Å²) in [5, 5.41) is 0. The van der Waals surface area contributed by atoms with Gasteiger partial charge in [-0.1, -0.05) is 25.1 Å². The standard InChI is InChI=1S/C18H26N2O3/c1-13(15-7-5-6-8-16(15)23-4)11-17(21)20-10-9-14(12-20)18(22)19(2)3/h5-8,13-14H,9-12H2,1-4H3/t13-,14-/m1/s1. The van der Waals surface area contributed by atoms with Crippen LogP contribution in [-0.4, -0.2) is 55.9 Å². The average Bonchev–Trinajstić information content (AvgIpc) is 3.03. The topological polar surface area (TPSA) is 49.9 Å². The lowest BCUT2D eigenvalue weighted by Gasteiger charge is -2.21. The van der Waals surface area contributed by atoms with Crippen LogP contribution in [0, 0.1) is 5.92 Å². The molecule has 23 heavy (non-hydrogen) atoms. The van der Waals surface area contributed by atoms with Crippen LogP contribution in [0.4, 0.5) is 0 Å². The number of carbonyl (C=O) groups excluding carboxylic acids is 2. The molecule has 0 radical (unpaired) electrons. The molecule has 5 nitrogen and oxygen atoms in total. The van der Waals surface area contributed by atoms with E-state index in [-0.39, 0.29) is 23.7 Å². The fourth-order valence-electron chi connectivity index (χ4n) is 3.13. The van der Waals surface area contributed by atoms with Crippen LogP contribution in [0.15, 0.2) is 24.3 Å². The summed E-state index contributed by atoms with van der Waals surface area (Å²) in [5.41, 5.74) is 1.04. The second kappa shape index (κ2) is 7.49. The summed E-state index contributed by atoms with van der Waals surface area (Å²) < 4.78 is 5.37. The van der Waals surface area contributed by atoms with Crippen molar-refractivity contribution < 1.29 is 14.3 Å². The summed E-state index contributed by atoms with van der Waals surface area (Å²) in [6, 6.07) is 7.80. The fraction of sp³-hybridized carbons (Fsp3) is 0.556. The number of amides is 2. The van der Waals surface area contributed by atoms with Gasteiger partial charge in [-0.3, -0.25) is 9.59 Å². The minimum absolute atomic E-state index is 0.0597. The normalized spacial score (nSPS) is 18.6. The second-order valence-electron chi connectivity index (χ2n) is 6.41. The van der Waals surface area contributed by atoms with E-state index in [0.717, 1.165) is 17.7 Å². The van der Waals surface area contributed by atoms with Gasteiger partial charge >= 0.3 is 0 Å². The third-order valence-electron chi connectivity index (χ3n) is 4.48. The minimum atomic E-state index is -0.0597. The van der Waals surface area contributed by atoms with Crippen molar-refractivity contribution in [1.82, 2.24) is 9.80 Å². The van der Waals surface area contributed by atoms with E-state index in [1.807, 2.05) is 36.1 Å². The van der Waals surface area contributed by atoms with Gasteiger partial charge in [0.2, 0.25) is 11.8 Å². The van der Waals surface area contributed by atoms with E-state index < -0.39 is 0 Å². The SMILES string of the molecule is COc1ccccc1[C@H](C)CC(=O)N1CC[C@@H](C(=O)N(C)C)C1. The first-order valence-corrected chi connectivity index (χ1v) is 8.06. The Morgan fingerprint density at radius 2 is 2.04 bits per heavy atom. The molecule has 1 fully saturated rings. The summed E-state index contributed by atoms with van der Waals surface area (Å²) in [7, 11) is 5.17. The maximum atomic E-state index is 12.5. The van der Waals surface area contributed by atoms with Gasteiger partial charge in [-0.2, -0.15) is 0 Å². The van der Waals surface area contributed by atoms with Crippen LogP contribution in [0.1, 0.15) is 31.2 Å². The van der Waals surface area contributed by atoms with Gasteiger partial charge in [0.05, 0.1) is 13.0 Å². The lowest BCUT2D eigenvalue weighted by molar-refractivity contribution is -0.133. The number of rotatable bonds is 5. The van der Waals surface area contributed by atoms with Crippen molar-refractivity contribution in [2.75, 3.05) is 34.3 Å². The number of hydrogen-bond donors (Lipinski definition) is 0. The van der Waals surface area contributed by atoms with Crippen LogP contribution < -0.4 is 4.74 Å². The van der Waals surface area contributed by atoms with Gasteiger partial charge in [0.15, 0.2) is 0 Å². The van der Waals surface area contributed by atoms with Crippen molar-refractivity contribution in [1.29, 1.82) is 0 Å². The second-order valence-corrected chi connectivity index (χ2v) is 6.41. The van der Waals surface area contributed by atoms with E-state index in [9.17, 15) is 9.59 Å². The van der Waals surface area contributed by atoms with Crippen LogP contribution in [0.3, 0.4) is 0 Å². The summed E-state index contributed by atoms with van der Waals surface area (Å²) in [6.07, 6.45) is 1.19. The van der Waals surface area contributed by atoms with E-state index in [1.165, 1.54) is 0 Å². The molecule has 0 unspecified atom stereocenters. The maximum Gasteiger partial charge on any atom is 0.227 e. The number of carbonyl (C=O) groups is 2. The summed E-state index contributed by atoms with van der Waals surface area (Å²) in [5.74, 6) is 1.06. The predicted molar refractivity (Wildman–Crippen MR) is 89.4 cm³/mol. The summed E-state index contributed by atoms with van der Waals surface area (Å²) >= 11 is 0. The van der Waals surface area contributed by atoms with E-state index >= 15 is 0 Å². The molecule has 1 aliphatic rings. The van der Waals surface area contributed by atoms with Crippen LogP contribution in [0.2, 0.25) is 0 Å². The summed E-state index contributed by atoms with van der Waals surface area (Å²) in [6.45, 7) is 3.24. The molecule has 0 aliphatic carbocycles. The van der Waals surface area contributed by atoms with Gasteiger partial charge < -0.3 is 14.5 Å². The largest absolute Gasteiger partial charge is 0.496 e. The third-order valence-corrected chi connectivity index (χ3v) is 4.48. The Labute approximate surface area is 138 Å². The molecule has 0 N–H and O–H groups in total. The molecule has 1 aromatic carbocycles. The molecular formula is C18H26N2O3. The Morgan fingerprint density at radius 3 is 2.70 bits per heavy atom. The third kappa shape index (κ3) is 4.03. The number of likely N-dealkylation sites (tertiary alicyclic amines) is 1. The molecule has 126 valence electrons. The van der Waals surface area contributed by atoms with E-state index in [1.54, 1.807) is 26.1 Å². The molecule has 2 atom stereocenters. The van der Waals surface area contributed by atoms with Crippen molar-refractivity contribution in [3.63, 3.8) is 0 Å². The monoisotopic (exact) mass is 318 g/mol. The number of ether oxygens (including phenoxy) is 1. The van der Waals surface area contributed by atoms with Gasteiger partial charge in [-0.25, -0.2) is 0 Å². The molecule has 2 amide bonds. The molecule has 0 aromatic heterocycles. The van der Waals surface area contributed by atoms with Gasteiger partial charge in [-0.15, -0.1) is 0 Å². The van der Waals surface area contributed by atoms with Gasteiger partial charge in [0, 0.05) is 33.6 Å². The Morgan fingerprint density at radius 1 is 1.35 bits per heavy atom. The zero-order valence-corrected chi connectivity index (χ0v) is 14.4. The van der Waals surface area contributed by atoms with Crippen LogP contribution in [0.25, 0.3) is 0 Å². The van der Waals surface area contributed by atoms with Crippen LogP contribution in [-0.2, 0) is 9.59 Å². The Kier molecular flexibility index (Phi) is 5.64. The van der Waals surface area contributed by atoms with Crippen LogP contribution >= 0.6 is 0 Å². The van der Waals surface area contributed by atoms with Crippen molar-refractivity contribution in [3.8, 4) is 5.75 Å². The molecule has 1 saturated heterocycles. The highest BCUT2D eigenvalue weighted by Gasteiger charge is 2.32. The molecule has 0 spiro atoms. The van der Waals surface area contributed by atoms with E-state index in [2.05, 4.69) is 0 Å². The van der Waals surface area contributed by atoms with Gasteiger partial charge in [0.25, 0.3) is 0 Å². The number of hydrogen-bond acceptors (Lipinski definition) is 3. The molecule has 0 saturated carbocycles. The highest BCUT2D eigenvalue weighted by atomic mass is 16.5. The molecule has 1 aromatic rings. The van der Waals surface area contributed by atoms with E-state index in [4.69, 9.17) is 4.74 Å². The minimum Gasteiger partial charge on any atom is -0.496 e. The zero-order chi connectivity index (χ0) is 17.0. The highest BCUT2D eigenvalue weighted by Crippen LogP contribution is 2.29. The predicted octanol–water partition coefficient (Wildman–Crippen LogP) is 2.13. The number of benzene rings is 1. The summed E-state index contributed by atoms with van der Waals surface area (Å²) in [4.78, 5) is 28.0. The first-order chi connectivity index (χ1) is 10.9. The fourth-order valence-corrected chi connectivity index (χ4v) is 3.13. The lowest BCUT2D eigenvalue weighted by atomic mass is 9.96. The van der Waals surface area contributed by atoms with Gasteiger partial charge in [-0.05, 0) is 24.0 Å². The number of methoxy groups -OCH3 is 1. The molecule has 1 aliphatic heterocycles. The zero-order valence-electron chi connectivity index (χ0n) is 14.4. The molecule has 2 rings (SSSR count). The smallest absolute Gasteiger partial charge is 0.227 e. The number of para-hydroxylation sites is 1. The number of nitrogens with zero attached hydrogens (tertiary/aromatic N) is 2. The molecular weight excluding hydrogens is 292 g/mol. The van der Waals surface area contributed by atoms with Crippen molar-refractivity contribution in [2.24, 2.45) is 5.92 Å². The maximum absolute atomic E-state index is 12.5. The molecule has 1 heterocycles. The molecule has 0 bridgehead atoms. The first-order valence-electron chi connectivity index (χ1n) is 8.06. The Hall–Kier alpha value is -2.04.